The quantitative estimate of drug-likeness (QED) is 0.263. The summed E-state index contributed by atoms with van der Waals surface area (Å²) in [6.45, 7) is 0.0669. The summed E-state index contributed by atoms with van der Waals surface area (Å²) in [6, 6.07) is -0.715. The molecule has 7 N–H and O–H groups in total. The van der Waals surface area contributed by atoms with Gasteiger partial charge in [-0.05, 0) is 6.42 Å². The van der Waals surface area contributed by atoms with Gasteiger partial charge in [0, 0.05) is 6.42 Å². The van der Waals surface area contributed by atoms with E-state index in [1.165, 1.54) is 0 Å². The van der Waals surface area contributed by atoms with Crippen LogP contribution in [0.25, 0.3) is 0 Å². The predicted molar refractivity (Wildman–Crippen MR) is 55.9 cm³/mol. The van der Waals surface area contributed by atoms with Crippen molar-refractivity contribution in [2.24, 2.45) is 0 Å². The molecule has 0 aliphatic rings. The second kappa shape index (κ2) is 10.2. The number of aliphatic hydroxyl groups is 6. The zero-order valence-corrected chi connectivity index (χ0v) is 9.57. The zero-order chi connectivity index (χ0) is 13.9. The molecule has 17 heavy (non-hydrogen) atoms. The largest absolute Gasteiger partial charge is 0.376 e. The zero-order valence-electron chi connectivity index (χ0n) is 9.57. The highest BCUT2D eigenvalue weighted by atomic mass is 16.7. The van der Waals surface area contributed by atoms with Crippen molar-refractivity contribution in [1.29, 1.82) is 0 Å². The van der Waals surface area contributed by atoms with E-state index in [-0.39, 0.29) is 6.42 Å². The van der Waals surface area contributed by atoms with Crippen LogP contribution in [0.2, 0.25) is 0 Å². The van der Waals surface area contributed by atoms with Gasteiger partial charge in [-0.15, -0.1) is 0 Å². The third-order valence-electron chi connectivity index (χ3n) is 1.44. The molecule has 0 atom stereocenters. The molecule has 0 heterocycles. The maximum atomic E-state index is 10.5. The van der Waals surface area contributed by atoms with E-state index >= 15 is 0 Å². The number of urea groups is 1. The molecule has 104 valence electrons. The van der Waals surface area contributed by atoms with Crippen LogP contribution in [0, 0.1) is 0 Å². The van der Waals surface area contributed by atoms with Crippen LogP contribution in [0.15, 0.2) is 0 Å². The standard InChI is InChI=1S/C4H10N2O4.C4H10O3/c7-1-5-4(10)6(2-8)3-9;1-2-3-4(5,6)7/h7-9H,1-3H2,(H,5,10);5-7H,2-3H2,1H3. The Morgan fingerprint density at radius 1 is 1.18 bits per heavy atom. The lowest BCUT2D eigenvalue weighted by molar-refractivity contribution is -0.314. The van der Waals surface area contributed by atoms with Crippen LogP contribution in [0.3, 0.4) is 0 Å². The summed E-state index contributed by atoms with van der Waals surface area (Å²) in [5.74, 6) is -2.45. The summed E-state index contributed by atoms with van der Waals surface area (Å²) in [5.41, 5.74) is 0. The van der Waals surface area contributed by atoms with Crippen LogP contribution >= 0.6 is 0 Å². The minimum absolute atomic E-state index is 0.00694. The maximum Gasteiger partial charge on any atom is 0.322 e. The van der Waals surface area contributed by atoms with Gasteiger partial charge in [-0.1, -0.05) is 6.92 Å². The first-order valence-electron chi connectivity index (χ1n) is 4.84. The third-order valence-corrected chi connectivity index (χ3v) is 1.44. The highest BCUT2D eigenvalue weighted by Crippen LogP contribution is 2.01. The van der Waals surface area contributed by atoms with Crippen molar-refractivity contribution in [2.75, 3.05) is 20.2 Å². The van der Waals surface area contributed by atoms with Crippen LogP contribution in [0.5, 0.6) is 0 Å². The molecular weight excluding hydrogens is 236 g/mol. The number of hydrogen-bond donors (Lipinski definition) is 7. The number of aliphatic hydroxyl groups excluding tert-OH is 3. The molecule has 0 unspecified atom stereocenters. The van der Waals surface area contributed by atoms with Gasteiger partial charge in [0.15, 0.2) is 0 Å². The molecule has 0 fully saturated rings. The fourth-order valence-electron chi connectivity index (χ4n) is 0.688. The highest BCUT2D eigenvalue weighted by Gasteiger charge is 2.14. The highest BCUT2D eigenvalue weighted by molar-refractivity contribution is 5.73. The van der Waals surface area contributed by atoms with E-state index in [4.69, 9.17) is 30.6 Å². The molecule has 0 aliphatic carbocycles. The van der Waals surface area contributed by atoms with Crippen molar-refractivity contribution in [2.45, 2.75) is 25.7 Å². The maximum absolute atomic E-state index is 10.5. The molecule has 0 aromatic rings. The van der Waals surface area contributed by atoms with Crippen molar-refractivity contribution in [3.63, 3.8) is 0 Å². The second-order valence-corrected chi connectivity index (χ2v) is 2.99. The van der Waals surface area contributed by atoms with Gasteiger partial charge in [-0.25, -0.2) is 4.79 Å². The Balaban J connectivity index is 0. The summed E-state index contributed by atoms with van der Waals surface area (Å²) in [5, 5.41) is 51.2. The van der Waals surface area contributed by atoms with Crippen LogP contribution in [-0.2, 0) is 0 Å². The Kier molecular flexibility index (Phi) is 11.0. The van der Waals surface area contributed by atoms with Crippen molar-refractivity contribution < 1.29 is 35.4 Å². The van der Waals surface area contributed by atoms with Gasteiger partial charge < -0.3 is 36.0 Å². The van der Waals surface area contributed by atoms with Gasteiger partial charge >= 0.3 is 6.03 Å². The van der Waals surface area contributed by atoms with Crippen molar-refractivity contribution in [3.8, 4) is 0 Å². The summed E-state index contributed by atoms with van der Waals surface area (Å²) in [7, 11) is 0. The third kappa shape index (κ3) is 13.0. The van der Waals surface area contributed by atoms with Crippen LogP contribution in [0.4, 0.5) is 4.79 Å². The number of rotatable bonds is 5. The fourth-order valence-corrected chi connectivity index (χ4v) is 0.688. The average molecular weight is 256 g/mol. The molecule has 0 aromatic carbocycles. The van der Waals surface area contributed by atoms with E-state index < -0.39 is 32.2 Å². The summed E-state index contributed by atoms with van der Waals surface area (Å²) in [6.07, 6.45) is 0.566. The number of carbonyl (C=O) groups excluding carboxylic acids is 1. The Labute approximate surface area is 98.5 Å². The van der Waals surface area contributed by atoms with E-state index in [9.17, 15) is 4.79 Å². The van der Waals surface area contributed by atoms with E-state index in [0.29, 0.717) is 11.3 Å². The summed E-state index contributed by atoms with van der Waals surface area (Å²) < 4.78 is 0. The molecule has 0 rings (SSSR count). The normalized spacial score (nSPS) is 10.3. The van der Waals surface area contributed by atoms with Crippen LogP contribution in [-0.4, -0.2) is 67.7 Å². The SMILES string of the molecule is CCCC(O)(O)O.O=C(NCO)N(CO)CO. The van der Waals surface area contributed by atoms with Gasteiger partial charge in [-0.3, -0.25) is 4.90 Å². The lowest BCUT2D eigenvalue weighted by atomic mass is 10.3. The van der Waals surface area contributed by atoms with E-state index in [1.807, 2.05) is 5.32 Å². The monoisotopic (exact) mass is 256 g/mol. The Morgan fingerprint density at radius 2 is 1.65 bits per heavy atom. The average Bonchev–Trinajstić information content (AvgIpc) is 2.19. The number of hydrogen-bond acceptors (Lipinski definition) is 7. The first kappa shape index (κ1) is 18.4. The van der Waals surface area contributed by atoms with E-state index in [1.54, 1.807) is 6.92 Å². The van der Waals surface area contributed by atoms with Gasteiger partial charge in [0.2, 0.25) is 0 Å². The molecule has 0 saturated heterocycles. The number of nitrogens with one attached hydrogen (secondary N) is 1. The lowest BCUT2D eigenvalue weighted by Crippen LogP contribution is -2.41. The van der Waals surface area contributed by atoms with E-state index in [0.717, 1.165) is 0 Å². The van der Waals surface area contributed by atoms with Gasteiger partial charge in [-0.2, -0.15) is 0 Å². The number of nitrogens with zero attached hydrogens (tertiary/aromatic N) is 1. The number of carbonyl (C=O) groups is 1. The van der Waals surface area contributed by atoms with Gasteiger partial charge in [0.25, 0.3) is 5.97 Å². The van der Waals surface area contributed by atoms with Crippen molar-refractivity contribution >= 4 is 6.03 Å². The molecule has 2 amide bonds. The van der Waals surface area contributed by atoms with Crippen molar-refractivity contribution in [1.82, 2.24) is 10.2 Å². The smallest absolute Gasteiger partial charge is 0.322 e. The molecular formula is C8H20N2O7. The fraction of sp³-hybridized carbons (Fsp3) is 0.875. The Hall–Kier alpha value is -0.970. The Bertz CT molecular complexity index is 191. The van der Waals surface area contributed by atoms with Crippen LogP contribution < -0.4 is 5.32 Å². The lowest BCUT2D eigenvalue weighted by Gasteiger charge is -2.15. The molecule has 0 radical (unpaired) electrons. The molecule has 0 aliphatic heterocycles. The van der Waals surface area contributed by atoms with Crippen LogP contribution in [0.1, 0.15) is 19.8 Å². The second-order valence-electron chi connectivity index (χ2n) is 2.99. The molecule has 9 nitrogen and oxygen atoms in total. The molecule has 0 saturated carbocycles. The topological polar surface area (TPSA) is 154 Å². The molecule has 9 heteroatoms. The predicted octanol–water partition coefficient (Wildman–Crippen LogP) is -2.74. The minimum atomic E-state index is -2.45. The summed E-state index contributed by atoms with van der Waals surface area (Å²) in [4.78, 5) is 11.2. The Morgan fingerprint density at radius 3 is 1.82 bits per heavy atom. The molecule has 0 bridgehead atoms. The van der Waals surface area contributed by atoms with Gasteiger partial charge in [0.05, 0.1) is 0 Å². The van der Waals surface area contributed by atoms with Gasteiger partial charge in [0.1, 0.15) is 20.2 Å². The first-order valence-corrected chi connectivity index (χ1v) is 4.84. The molecule has 0 aromatic heterocycles. The first-order chi connectivity index (χ1) is 7.82. The number of amides is 2. The van der Waals surface area contributed by atoms with Crippen molar-refractivity contribution in [3.05, 3.63) is 0 Å². The summed E-state index contributed by atoms with van der Waals surface area (Å²) >= 11 is 0. The minimum Gasteiger partial charge on any atom is -0.376 e. The molecule has 0 spiro atoms. The van der Waals surface area contributed by atoms with E-state index in [2.05, 4.69) is 0 Å².